The molecule has 0 radical (unpaired) electrons. The molecule has 0 atom stereocenters. The molecule has 0 aliphatic carbocycles. The van der Waals surface area contributed by atoms with Gasteiger partial charge in [0, 0.05) is 12.6 Å². The van der Waals surface area contributed by atoms with Crippen molar-refractivity contribution in [1.82, 2.24) is 5.32 Å². The molecule has 0 bridgehead atoms. The lowest BCUT2D eigenvalue weighted by Crippen LogP contribution is -2.21. The first-order valence-electron chi connectivity index (χ1n) is 5.74. The molecule has 1 aromatic rings. The van der Waals surface area contributed by atoms with Gasteiger partial charge in [-0.05, 0) is 13.0 Å². The molecule has 1 rings (SSSR count). The minimum Gasteiger partial charge on any atom is -0.482 e. The highest BCUT2D eigenvalue weighted by Gasteiger charge is 2.09. The Morgan fingerprint density at radius 3 is 2.67 bits per heavy atom. The van der Waals surface area contributed by atoms with Crippen LogP contribution in [0.15, 0.2) is 24.3 Å². The lowest BCUT2D eigenvalue weighted by Gasteiger charge is -2.10. The van der Waals surface area contributed by atoms with Gasteiger partial charge in [0.25, 0.3) is 0 Å². The van der Waals surface area contributed by atoms with Crippen LogP contribution in [0.3, 0.4) is 0 Å². The van der Waals surface area contributed by atoms with Crippen LogP contribution in [0.2, 0.25) is 0 Å². The van der Waals surface area contributed by atoms with Crippen molar-refractivity contribution in [3.05, 3.63) is 29.8 Å². The van der Waals surface area contributed by atoms with Crippen LogP contribution in [0.4, 0.5) is 0 Å². The molecule has 0 aliphatic heterocycles. The minimum atomic E-state index is -0.424. The summed E-state index contributed by atoms with van der Waals surface area (Å²) in [7, 11) is 1.57. The van der Waals surface area contributed by atoms with Crippen LogP contribution in [-0.4, -0.2) is 32.1 Å². The Morgan fingerprint density at radius 1 is 1.28 bits per heavy atom. The highest BCUT2D eigenvalue weighted by molar-refractivity contribution is 5.79. The van der Waals surface area contributed by atoms with E-state index in [-0.39, 0.29) is 18.9 Å². The fraction of sp³-hybridized carbons (Fsp3) is 0.385. The standard InChI is InChI=1S/C13H17NO4/c1-3-17-13(16)9-18-11-7-5-4-6-10(11)8-12(15)14-2/h4-7H,3,8-9H2,1-2H3,(H,14,15). The third-order valence-electron chi connectivity index (χ3n) is 2.25. The van der Waals surface area contributed by atoms with Crippen molar-refractivity contribution in [3.63, 3.8) is 0 Å². The molecule has 1 N–H and O–H groups in total. The zero-order valence-corrected chi connectivity index (χ0v) is 10.6. The quantitative estimate of drug-likeness (QED) is 0.763. The number of para-hydroxylation sites is 1. The van der Waals surface area contributed by atoms with Crippen LogP contribution >= 0.6 is 0 Å². The average molecular weight is 251 g/mol. The Morgan fingerprint density at radius 2 is 2.00 bits per heavy atom. The largest absolute Gasteiger partial charge is 0.482 e. The number of ether oxygens (including phenoxy) is 2. The molecule has 5 heteroatoms. The molecular formula is C13H17NO4. The number of rotatable bonds is 6. The van der Waals surface area contributed by atoms with Crippen molar-refractivity contribution < 1.29 is 19.1 Å². The van der Waals surface area contributed by atoms with E-state index in [1.165, 1.54) is 0 Å². The molecule has 1 amide bonds. The van der Waals surface area contributed by atoms with E-state index in [9.17, 15) is 9.59 Å². The number of benzene rings is 1. The smallest absolute Gasteiger partial charge is 0.344 e. The molecule has 0 aromatic heterocycles. The van der Waals surface area contributed by atoms with Gasteiger partial charge < -0.3 is 14.8 Å². The normalized spacial score (nSPS) is 9.67. The molecule has 0 spiro atoms. The second-order valence-electron chi connectivity index (χ2n) is 3.55. The van der Waals surface area contributed by atoms with E-state index >= 15 is 0 Å². The summed E-state index contributed by atoms with van der Waals surface area (Å²) in [6.07, 6.45) is 0.218. The Kier molecular flexibility index (Phi) is 5.70. The van der Waals surface area contributed by atoms with E-state index in [2.05, 4.69) is 5.32 Å². The number of carbonyl (C=O) groups is 2. The molecule has 1 aromatic carbocycles. The van der Waals surface area contributed by atoms with Gasteiger partial charge in [0.05, 0.1) is 13.0 Å². The van der Waals surface area contributed by atoms with Crippen molar-refractivity contribution >= 4 is 11.9 Å². The fourth-order valence-corrected chi connectivity index (χ4v) is 1.39. The minimum absolute atomic E-state index is 0.109. The first-order chi connectivity index (χ1) is 8.67. The summed E-state index contributed by atoms with van der Waals surface area (Å²) in [5.74, 6) is -0.0106. The third-order valence-corrected chi connectivity index (χ3v) is 2.25. The topological polar surface area (TPSA) is 64.6 Å². The number of amides is 1. The van der Waals surface area contributed by atoms with Crippen molar-refractivity contribution in [2.45, 2.75) is 13.3 Å². The van der Waals surface area contributed by atoms with E-state index in [1.807, 2.05) is 6.07 Å². The lowest BCUT2D eigenvalue weighted by molar-refractivity contribution is -0.145. The van der Waals surface area contributed by atoms with Gasteiger partial charge in [-0.25, -0.2) is 4.79 Å². The van der Waals surface area contributed by atoms with Gasteiger partial charge in [-0.2, -0.15) is 0 Å². The molecule has 0 heterocycles. The summed E-state index contributed by atoms with van der Waals surface area (Å²) in [5.41, 5.74) is 0.737. The van der Waals surface area contributed by atoms with Crippen LogP contribution < -0.4 is 10.1 Å². The van der Waals surface area contributed by atoms with E-state index < -0.39 is 5.97 Å². The average Bonchev–Trinajstić information content (AvgIpc) is 2.38. The molecule has 0 saturated carbocycles. The van der Waals surface area contributed by atoms with Crippen molar-refractivity contribution in [3.8, 4) is 5.75 Å². The summed E-state index contributed by atoms with van der Waals surface area (Å²) < 4.78 is 10.1. The van der Waals surface area contributed by atoms with E-state index in [4.69, 9.17) is 9.47 Å². The van der Waals surface area contributed by atoms with Gasteiger partial charge in [0.2, 0.25) is 5.91 Å². The second kappa shape index (κ2) is 7.32. The van der Waals surface area contributed by atoms with Gasteiger partial charge >= 0.3 is 5.97 Å². The van der Waals surface area contributed by atoms with Gasteiger partial charge in [0.15, 0.2) is 6.61 Å². The molecule has 18 heavy (non-hydrogen) atoms. The summed E-state index contributed by atoms with van der Waals surface area (Å²) in [6.45, 7) is 1.90. The predicted molar refractivity (Wildman–Crippen MR) is 66.3 cm³/mol. The number of likely N-dealkylation sites (N-methyl/N-ethyl adjacent to an activating group) is 1. The van der Waals surface area contributed by atoms with E-state index in [0.29, 0.717) is 12.4 Å². The molecule has 98 valence electrons. The SMILES string of the molecule is CCOC(=O)COc1ccccc1CC(=O)NC. The van der Waals surface area contributed by atoms with Crippen molar-refractivity contribution in [2.24, 2.45) is 0 Å². The van der Waals surface area contributed by atoms with Crippen molar-refractivity contribution in [1.29, 1.82) is 0 Å². The number of carbonyl (C=O) groups excluding carboxylic acids is 2. The van der Waals surface area contributed by atoms with E-state index in [0.717, 1.165) is 5.56 Å². The maximum atomic E-state index is 11.3. The maximum Gasteiger partial charge on any atom is 0.344 e. The summed E-state index contributed by atoms with van der Waals surface area (Å²) >= 11 is 0. The van der Waals surface area contributed by atoms with Gasteiger partial charge in [0.1, 0.15) is 5.75 Å². The molecule has 0 aliphatic rings. The van der Waals surface area contributed by atoms with Gasteiger partial charge in [-0.3, -0.25) is 4.79 Å². The molecule has 0 fully saturated rings. The molecular weight excluding hydrogens is 234 g/mol. The molecule has 0 unspecified atom stereocenters. The van der Waals surface area contributed by atoms with Crippen LogP contribution in [0.25, 0.3) is 0 Å². The maximum absolute atomic E-state index is 11.3. The number of esters is 1. The van der Waals surface area contributed by atoms with Gasteiger partial charge in [-0.15, -0.1) is 0 Å². The number of hydrogen-bond acceptors (Lipinski definition) is 4. The predicted octanol–water partition coefficient (Wildman–Crippen LogP) is 0.917. The lowest BCUT2D eigenvalue weighted by atomic mass is 10.1. The highest BCUT2D eigenvalue weighted by atomic mass is 16.6. The Balaban J connectivity index is 2.64. The monoisotopic (exact) mass is 251 g/mol. The first-order valence-corrected chi connectivity index (χ1v) is 5.74. The Hall–Kier alpha value is -2.04. The zero-order chi connectivity index (χ0) is 13.4. The van der Waals surface area contributed by atoms with Crippen LogP contribution in [0, 0.1) is 0 Å². The summed E-state index contributed by atoms with van der Waals surface area (Å²) in [4.78, 5) is 22.5. The van der Waals surface area contributed by atoms with Crippen LogP contribution in [0.1, 0.15) is 12.5 Å². The Bertz CT molecular complexity index is 417. The zero-order valence-electron chi connectivity index (χ0n) is 10.6. The number of hydrogen-bond donors (Lipinski definition) is 1. The molecule has 0 saturated heterocycles. The number of nitrogens with one attached hydrogen (secondary N) is 1. The van der Waals surface area contributed by atoms with Crippen LogP contribution in [0.5, 0.6) is 5.75 Å². The summed E-state index contributed by atoms with van der Waals surface area (Å²) in [6, 6.07) is 7.11. The van der Waals surface area contributed by atoms with Crippen molar-refractivity contribution in [2.75, 3.05) is 20.3 Å². The summed E-state index contributed by atoms with van der Waals surface area (Å²) in [5, 5.41) is 2.54. The highest BCUT2D eigenvalue weighted by Crippen LogP contribution is 2.18. The second-order valence-corrected chi connectivity index (χ2v) is 3.55. The Labute approximate surface area is 106 Å². The fourth-order valence-electron chi connectivity index (χ4n) is 1.39. The van der Waals surface area contributed by atoms with Crippen LogP contribution in [-0.2, 0) is 20.7 Å². The first kappa shape index (κ1) is 14.0. The van der Waals surface area contributed by atoms with Gasteiger partial charge in [-0.1, -0.05) is 18.2 Å². The third kappa shape index (κ3) is 4.45. The molecule has 5 nitrogen and oxygen atoms in total. The van der Waals surface area contributed by atoms with E-state index in [1.54, 1.807) is 32.2 Å².